The first-order valence-electron chi connectivity index (χ1n) is 7.73. The Balaban J connectivity index is 1.58. The zero-order valence-electron chi connectivity index (χ0n) is 13.5. The number of furan rings is 1. The second-order valence-electron chi connectivity index (χ2n) is 5.88. The molecule has 0 aliphatic heterocycles. The van der Waals surface area contributed by atoms with E-state index in [0.29, 0.717) is 6.54 Å². The molecule has 24 heavy (non-hydrogen) atoms. The van der Waals surface area contributed by atoms with Crippen molar-refractivity contribution in [3.05, 3.63) is 72.1 Å². The van der Waals surface area contributed by atoms with E-state index in [1.807, 2.05) is 23.1 Å². The molecule has 4 aromatic rings. The van der Waals surface area contributed by atoms with Crippen molar-refractivity contribution in [3.63, 3.8) is 0 Å². The second-order valence-corrected chi connectivity index (χ2v) is 5.88. The molecule has 0 saturated heterocycles. The minimum absolute atomic E-state index is 0.634. The Hall–Kier alpha value is -3.15. The van der Waals surface area contributed by atoms with Gasteiger partial charge in [-0.1, -0.05) is 11.3 Å². The topological polar surface area (TPSA) is 61.7 Å². The highest BCUT2D eigenvalue weighted by molar-refractivity contribution is 5.56. The summed E-state index contributed by atoms with van der Waals surface area (Å²) in [6.45, 7) is 4.84. The number of nitrogens with zero attached hydrogens (tertiary/aromatic N) is 5. The molecule has 120 valence electrons. The van der Waals surface area contributed by atoms with E-state index in [0.717, 1.165) is 22.5 Å². The monoisotopic (exact) mass is 319 g/mol. The normalized spacial score (nSPS) is 11.1. The summed E-state index contributed by atoms with van der Waals surface area (Å²) in [5.41, 5.74) is 6.34. The lowest BCUT2D eigenvalue weighted by Crippen LogP contribution is -1.98. The van der Waals surface area contributed by atoms with Crippen LogP contribution < -0.4 is 0 Å². The summed E-state index contributed by atoms with van der Waals surface area (Å²) in [6, 6.07) is 8.21. The zero-order chi connectivity index (χ0) is 16.5. The Kier molecular flexibility index (Phi) is 3.49. The van der Waals surface area contributed by atoms with Gasteiger partial charge in [0, 0.05) is 17.3 Å². The van der Waals surface area contributed by atoms with Gasteiger partial charge in [0.05, 0.1) is 37.2 Å². The van der Waals surface area contributed by atoms with Gasteiger partial charge in [0.15, 0.2) is 0 Å². The van der Waals surface area contributed by atoms with Crippen LogP contribution in [-0.2, 0) is 6.54 Å². The number of benzene rings is 1. The molecule has 6 nitrogen and oxygen atoms in total. The summed E-state index contributed by atoms with van der Waals surface area (Å²) in [7, 11) is 0. The van der Waals surface area contributed by atoms with Crippen molar-refractivity contribution in [1.29, 1.82) is 0 Å². The highest BCUT2D eigenvalue weighted by atomic mass is 16.3. The van der Waals surface area contributed by atoms with Crippen LogP contribution in [0.2, 0.25) is 0 Å². The average Bonchev–Trinajstić information content (AvgIpc) is 3.31. The van der Waals surface area contributed by atoms with Crippen LogP contribution in [0.15, 0.2) is 59.8 Å². The molecule has 1 aromatic carbocycles. The highest BCUT2D eigenvalue weighted by Crippen LogP contribution is 2.19. The molecule has 0 unspecified atom stereocenters. The predicted octanol–water partition coefficient (Wildman–Crippen LogP) is 3.39. The number of hydrogen-bond acceptors (Lipinski definition) is 4. The molecule has 0 aliphatic carbocycles. The maximum Gasteiger partial charge on any atom is 0.116 e. The summed E-state index contributed by atoms with van der Waals surface area (Å²) >= 11 is 0. The van der Waals surface area contributed by atoms with Gasteiger partial charge in [0.25, 0.3) is 0 Å². The molecular formula is C18H17N5O. The summed E-state index contributed by atoms with van der Waals surface area (Å²) in [4.78, 5) is 0. The van der Waals surface area contributed by atoms with Gasteiger partial charge in [-0.25, -0.2) is 9.36 Å². The quantitative estimate of drug-likeness (QED) is 0.578. The van der Waals surface area contributed by atoms with Crippen molar-refractivity contribution in [2.75, 3.05) is 0 Å². The molecule has 0 saturated carbocycles. The molecule has 6 heteroatoms. The molecule has 4 rings (SSSR count). The minimum Gasteiger partial charge on any atom is -0.472 e. The first-order valence-corrected chi connectivity index (χ1v) is 7.73. The Morgan fingerprint density at radius 1 is 1.08 bits per heavy atom. The molecular weight excluding hydrogens is 302 g/mol. The van der Waals surface area contributed by atoms with Gasteiger partial charge in [-0.15, -0.1) is 5.10 Å². The smallest absolute Gasteiger partial charge is 0.116 e. The van der Waals surface area contributed by atoms with Gasteiger partial charge in [0.2, 0.25) is 0 Å². The van der Waals surface area contributed by atoms with E-state index < -0.39 is 0 Å². The zero-order valence-corrected chi connectivity index (χ0v) is 13.5. The van der Waals surface area contributed by atoms with Crippen molar-refractivity contribution in [2.24, 2.45) is 0 Å². The Morgan fingerprint density at radius 3 is 2.79 bits per heavy atom. The fourth-order valence-electron chi connectivity index (χ4n) is 2.54. The molecule has 0 radical (unpaired) electrons. The van der Waals surface area contributed by atoms with E-state index >= 15 is 0 Å². The van der Waals surface area contributed by atoms with Crippen LogP contribution in [0, 0.1) is 13.8 Å². The third kappa shape index (κ3) is 2.74. The molecule has 0 aliphatic rings. The Morgan fingerprint density at radius 2 is 2.00 bits per heavy atom. The molecule has 3 heterocycles. The van der Waals surface area contributed by atoms with E-state index in [1.165, 1.54) is 11.1 Å². The Bertz CT molecular complexity index is 965. The van der Waals surface area contributed by atoms with E-state index in [-0.39, 0.29) is 0 Å². The van der Waals surface area contributed by atoms with Crippen molar-refractivity contribution in [1.82, 2.24) is 24.8 Å². The van der Waals surface area contributed by atoms with Gasteiger partial charge < -0.3 is 4.42 Å². The van der Waals surface area contributed by atoms with E-state index in [2.05, 4.69) is 47.5 Å². The van der Waals surface area contributed by atoms with Gasteiger partial charge in [-0.3, -0.25) is 0 Å². The number of rotatable bonds is 4. The van der Waals surface area contributed by atoms with E-state index in [1.54, 1.807) is 23.4 Å². The molecule has 0 spiro atoms. The lowest BCUT2D eigenvalue weighted by atomic mass is 10.1. The summed E-state index contributed by atoms with van der Waals surface area (Å²) < 4.78 is 8.72. The Labute approximate surface area is 139 Å². The largest absolute Gasteiger partial charge is 0.472 e. The van der Waals surface area contributed by atoms with Gasteiger partial charge in [-0.2, -0.15) is 5.10 Å². The molecule has 0 amide bonds. The first kappa shape index (κ1) is 14.4. The summed E-state index contributed by atoms with van der Waals surface area (Å²) in [5, 5.41) is 12.8. The maximum absolute atomic E-state index is 5.07. The van der Waals surface area contributed by atoms with Crippen LogP contribution in [0.1, 0.15) is 16.7 Å². The lowest BCUT2D eigenvalue weighted by Gasteiger charge is -2.04. The van der Waals surface area contributed by atoms with Crippen molar-refractivity contribution in [2.45, 2.75) is 20.4 Å². The molecule has 3 aromatic heterocycles. The minimum atomic E-state index is 0.634. The number of hydrogen-bond donors (Lipinski definition) is 0. The second kappa shape index (κ2) is 5.81. The van der Waals surface area contributed by atoms with Gasteiger partial charge in [-0.05, 0) is 43.2 Å². The predicted molar refractivity (Wildman–Crippen MR) is 89.9 cm³/mol. The van der Waals surface area contributed by atoms with Gasteiger partial charge >= 0.3 is 0 Å². The standard InChI is InChI=1S/C18H17N5O/c1-13-3-4-17(7-14(13)2)23-10-16(8-19-23)18-11-22(21-20-18)9-15-5-6-24-12-15/h3-8,10-12H,9H2,1-2H3. The first-order chi connectivity index (χ1) is 11.7. The third-order valence-electron chi connectivity index (χ3n) is 4.10. The molecule has 0 atom stereocenters. The van der Waals surface area contributed by atoms with Crippen molar-refractivity contribution < 1.29 is 4.42 Å². The summed E-state index contributed by atoms with van der Waals surface area (Å²) in [6.07, 6.45) is 9.05. The summed E-state index contributed by atoms with van der Waals surface area (Å²) in [5.74, 6) is 0. The SMILES string of the molecule is Cc1ccc(-n2cc(-c3cn(Cc4ccoc4)nn3)cn2)cc1C. The van der Waals surface area contributed by atoms with Crippen LogP contribution >= 0.6 is 0 Å². The van der Waals surface area contributed by atoms with Crippen molar-refractivity contribution >= 4 is 0 Å². The van der Waals surface area contributed by atoms with Crippen LogP contribution in [0.5, 0.6) is 0 Å². The van der Waals surface area contributed by atoms with Crippen LogP contribution in [-0.4, -0.2) is 24.8 Å². The fourth-order valence-corrected chi connectivity index (χ4v) is 2.54. The van der Waals surface area contributed by atoms with Crippen molar-refractivity contribution in [3.8, 4) is 16.9 Å². The highest BCUT2D eigenvalue weighted by Gasteiger charge is 2.09. The maximum atomic E-state index is 5.07. The van der Waals surface area contributed by atoms with Gasteiger partial charge in [0.1, 0.15) is 5.69 Å². The molecule has 0 fully saturated rings. The number of aryl methyl sites for hydroxylation is 2. The van der Waals surface area contributed by atoms with Crippen LogP contribution in [0.3, 0.4) is 0 Å². The molecule has 0 N–H and O–H groups in total. The van der Waals surface area contributed by atoms with E-state index in [4.69, 9.17) is 4.42 Å². The third-order valence-corrected chi connectivity index (χ3v) is 4.10. The van der Waals surface area contributed by atoms with Crippen LogP contribution in [0.4, 0.5) is 0 Å². The molecule has 0 bridgehead atoms. The van der Waals surface area contributed by atoms with E-state index in [9.17, 15) is 0 Å². The van der Waals surface area contributed by atoms with Crippen LogP contribution in [0.25, 0.3) is 16.9 Å². The fraction of sp³-hybridized carbons (Fsp3) is 0.167. The average molecular weight is 319 g/mol. The lowest BCUT2D eigenvalue weighted by molar-refractivity contribution is 0.558. The number of aromatic nitrogens is 5.